The summed E-state index contributed by atoms with van der Waals surface area (Å²) in [5.74, 6) is -4.94. The third-order valence-electron chi connectivity index (χ3n) is 4.54. The van der Waals surface area contributed by atoms with Gasteiger partial charge in [0.1, 0.15) is 0 Å². The van der Waals surface area contributed by atoms with Crippen molar-refractivity contribution in [2.45, 2.75) is 37.5 Å². The highest BCUT2D eigenvalue weighted by Gasteiger charge is 2.72. The van der Waals surface area contributed by atoms with Gasteiger partial charge in [-0.3, -0.25) is 0 Å². The maximum Gasteiger partial charge on any atom is 0.254 e. The number of methoxy groups -OCH3 is 1. The third kappa shape index (κ3) is 1.74. The zero-order valence-electron chi connectivity index (χ0n) is 10.5. The number of rotatable bonds is 2. The zero-order valence-corrected chi connectivity index (χ0v) is 10.5. The summed E-state index contributed by atoms with van der Waals surface area (Å²) < 4.78 is 58.4. The lowest BCUT2D eigenvalue weighted by Crippen LogP contribution is -2.07. The van der Waals surface area contributed by atoms with Crippen LogP contribution in [0.2, 0.25) is 0 Å². The Kier molecular flexibility index (Phi) is 2.60. The molecule has 0 heterocycles. The lowest BCUT2D eigenvalue weighted by atomic mass is 9.94. The molecule has 3 rings (SSSR count). The van der Waals surface area contributed by atoms with Gasteiger partial charge in [0.15, 0.2) is 11.6 Å². The van der Waals surface area contributed by atoms with Crippen molar-refractivity contribution in [2.75, 3.05) is 7.11 Å². The van der Waals surface area contributed by atoms with E-state index in [1.165, 1.54) is 13.2 Å². The summed E-state index contributed by atoms with van der Waals surface area (Å²) >= 11 is 0. The van der Waals surface area contributed by atoms with E-state index in [-0.39, 0.29) is 18.1 Å². The molecule has 0 aromatic heterocycles. The molecule has 104 valence electrons. The number of halogens is 4. The van der Waals surface area contributed by atoms with Crippen molar-refractivity contribution in [1.29, 1.82) is 0 Å². The third-order valence-corrected chi connectivity index (χ3v) is 4.54. The molecular formula is C14H14F4O. The van der Waals surface area contributed by atoms with Gasteiger partial charge in [0.05, 0.1) is 7.11 Å². The van der Waals surface area contributed by atoms with Gasteiger partial charge in [-0.15, -0.1) is 0 Å². The van der Waals surface area contributed by atoms with Crippen molar-refractivity contribution in [3.05, 3.63) is 29.3 Å². The molecular weight excluding hydrogens is 260 g/mol. The van der Waals surface area contributed by atoms with Gasteiger partial charge in [-0.05, 0) is 31.2 Å². The van der Waals surface area contributed by atoms with Crippen molar-refractivity contribution >= 4 is 0 Å². The van der Waals surface area contributed by atoms with E-state index in [9.17, 15) is 17.6 Å². The molecule has 2 aliphatic carbocycles. The van der Waals surface area contributed by atoms with Crippen LogP contribution < -0.4 is 4.74 Å². The summed E-state index contributed by atoms with van der Waals surface area (Å²) in [6.07, 6.45) is 1.24. The Bertz CT molecular complexity index is 528. The lowest BCUT2D eigenvalue weighted by molar-refractivity contribution is 0.0654. The molecule has 0 unspecified atom stereocenters. The maximum atomic E-state index is 13.6. The molecule has 1 nitrogen and oxygen atoms in total. The second-order valence-electron chi connectivity index (χ2n) is 5.59. The molecule has 0 amide bonds. The first-order valence-corrected chi connectivity index (χ1v) is 6.30. The van der Waals surface area contributed by atoms with Gasteiger partial charge in [0.2, 0.25) is 5.82 Å². The first-order valence-electron chi connectivity index (χ1n) is 6.30. The van der Waals surface area contributed by atoms with Crippen LogP contribution in [0.1, 0.15) is 37.2 Å². The largest absolute Gasteiger partial charge is 0.493 e. The van der Waals surface area contributed by atoms with Crippen molar-refractivity contribution in [3.63, 3.8) is 0 Å². The minimum absolute atomic E-state index is 0.0809. The predicted molar refractivity (Wildman–Crippen MR) is 61.5 cm³/mol. The molecule has 5 heteroatoms. The highest BCUT2D eigenvalue weighted by atomic mass is 19.3. The molecule has 1 spiro atoms. The van der Waals surface area contributed by atoms with Crippen molar-refractivity contribution in [1.82, 2.24) is 0 Å². The molecule has 2 saturated carbocycles. The molecule has 1 aromatic carbocycles. The quantitative estimate of drug-likeness (QED) is 0.732. The molecule has 2 aliphatic rings. The molecule has 0 saturated heterocycles. The van der Waals surface area contributed by atoms with E-state index in [0.29, 0.717) is 24.8 Å². The summed E-state index contributed by atoms with van der Waals surface area (Å²) in [5.41, 5.74) is -0.408. The molecule has 2 fully saturated rings. The normalized spacial score (nSPS) is 31.7. The average molecular weight is 274 g/mol. The summed E-state index contributed by atoms with van der Waals surface area (Å²) in [6.45, 7) is 0. The number of alkyl halides is 2. The van der Waals surface area contributed by atoms with E-state index >= 15 is 0 Å². The van der Waals surface area contributed by atoms with E-state index in [0.717, 1.165) is 6.07 Å². The van der Waals surface area contributed by atoms with E-state index in [1.807, 2.05) is 0 Å². The number of hydrogen-bond donors (Lipinski definition) is 0. The fourth-order valence-electron chi connectivity index (χ4n) is 3.34. The SMILES string of the molecule is COc1c([C@@H]2CC[C@@]3(C2)CC3(F)F)ccc(F)c1F. The lowest BCUT2D eigenvalue weighted by Gasteiger charge is -2.16. The van der Waals surface area contributed by atoms with Crippen LogP contribution in [0.5, 0.6) is 5.75 Å². The standard InChI is InChI=1S/C14H14F4O/c1-19-12-9(2-3-10(15)11(12)16)8-4-5-13(6-8)7-14(13,17)18/h2-3,8H,4-7H2,1H3/t8-,13-/m1/s1. The summed E-state index contributed by atoms with van der Waals surface area (Å²) in [5, 5.41) is 0. The highest BCUT2D eigenvalue weighted by molar-refractivity contribution is 5.40. The second kappa shape index (κ2) is 3.87. The number of hydrogen-bond acceptors (Lipinski definition) is 1. The van der Waals surface area contributed by atoms with Crippen LogP contribution in [-0.2, 0) is 0 Å². The molecule has 0 radical (unpaired) electrons. The van der Waals surface area contributed by atoms with Gasteiger partial charge < -0.3 is 4.74 Å². The van der Waals surface area contributed by atoms with Crippen LogP contribution in [0, 0.1) is 17.0 Å². The molecule has 0 N–H and O–H groups in total. The fourth-order valence-corrected chi connectivity index (χ4v) is 3.34. The Morgan fingerprint density at radius 2 is 1.95 bits per heavy atom. The Labute approximate surface area is 108 Å². The first kappa shape index (κ1) is 12.8. The number of benzene rings is 1. The highest BCUT2D eigenvalue weighted by Crippen LogP contribution is 2.71. The minimum atomic E-state index is -2.59. The van der Waals surface area contributed by atoms with E-state index < -0.39 is 23.0 Å². The van der Waals surface area contributed by atoms with Crippen molar-refractivity contribution in [3.8, 4) is 5.75 Å². The molecule has 1 aromatic rings. The van der Waals surface area contributed by atoms with Crippen molar-refractivity contribution < 1.29 is 22.3 Å². The van der Waals surface area contributed by atoms with Gasteiger partial charge in [-0.25, -0.2) is 13.2 Å². The van der Waals surface area contributed by atoms with Gasteiger partial charge in [0, 0.05) is 17.4 Å². The molecule has 2 atom stereocenters. The van der Waals surface area contributed by atoms with Gasteiger partial charge >= 0.3 is 0 Å². The van der Waals surface area contributed by atoms with Crippen LogP contribution in [0.4, 0.5) is 17.6 Å². The Morgan fingerprint density at radius 1 is 1.26 bits per heavy atom. The van der Waals surface area contributed by atoms with Crippen LogP contribution >= 0.6 is 0 Å². The predicted octanol–water partition coefficient (Wildman–Crippen LogP) is 4.27. The molecule has 0 bridgehead atoms. The monoisotopic (exact) mass is 274 g/mol. The van der Waals surface area contributed by atoms with Crippen LogP contribution in [-0.4, -0.2) is 13.0 Å². The Balaban J connectivity index is 1.91. The summed E-state index contributed by atoms with van der Waals surface area (Å²) in [4.78, 5) is 0. The first-order chi connectivity index (χ1) is 8.90. The van der Waals surface area contributed by atoms with E-state index in [4.69, 9.17) is 4.74 Å². The molecule has 0 aliphatic heterocycles. The van der Waals surface area contributed by atoms with Gasteiger partial charge in [0.25, 0.3) is 5.92 Å². The fraction of sp³-hybridized carbons (Fsp3) is 0.571. The van der Waals surface area contributed by atoms with E-state index in [1.54, 1.807) is 0 Å². The second-order valence-corrected chi connectivity index (χ2v) is 5.59. The smallest absolute Gasteiger partial charge is 0.254 e. The summed E-state index contributed by atoms with van der Waals surface area (Å²) in [7, 11) is 1.26. The maximum absolute atomic E-state index is 13.6. The minimum Gasteiger partial charge on any atom is -0.493 e. The van der Waals surface area contributed by atoms with E-state index in [2.05, 4.69) is 0 Å². The summed E-state index contributed by atoms with van der Waals surface area (Å²) in [6, 6.07) is 2.48. The molecule has 19 heavy (non-hydrogen) atoms. The average Bonchev–Trinajstić information content (AvgIpc) is 2.72. The Hall–Kier alpha value is -1.26. The van der Waals surface area contributed by atoms with Crippen LogP contribution in [0.25, 0.3) is 0 Å². The van der Waals surface area contributed by atoms with Crippen LogP contribution in [0.15, 0.2) is 12.1 Å². The van der Waals surface area contributed by atoms with Crippen LogP contribution in [0.3, 0.4) is 0 Å². The van der Waals surface area contributed by atoms with Crippen molar-refractivity contribution in [2.24, 2.45) is 5.41 Å². The number of ether oxygens (including phenoxy) is 1. The zero-order chi connectivity index (χ0) is 13.8. The Morgan fingerprint density at radius 3 is 2.47 bits per heavy atom. The van der Waals surface area contributed by atoms with Gasteiger partial charge in [-0.1, -0.05) is 6.07 Å². The topological polar surface area (TPSA) is 9.23 Å². The van der Waals surface area contributed by atoms with Gasteiger partial charge in [-0.2, -0.15) is 4.39 Å².